The Kier molecular flexibility index (Phi) is 5.40. The second-order valence-electron chi connectivity index (χ2n) is 6.84. The maximum atomic E-state index is 11.6. The number of benzene rings is 1. The first-order valence-electron chi connectivity index (χ1n) is 8.50. The van der Waals surface area contributed by atoms with Crippen LogP contribution < -0.4 is 10.5 Å². The first-order chi connectivity index (χ1) is 12.4. The lowest BCUT2D eigenvalue weighted by Crippen LogP contribution is -2.73. The molecular weight excluding hydrogens is 343 g/mol. The third-order valence-corrected chi connectivity index (χ3v) is 5.04. The molecule has 6 N–H and O–H groups in total. The van der Waals surface area contributed by atoms with Crippen molar-refractivity contribution in [1.82, 2.24) is 4.90 Å². The van der Waals surface area contributed by atoms with Crippen molar-refractivity contribution < 1.29 is 34.5 Å². The fraction of sp³-hybridized carbons (Fsp3) is 0.562. The van der Waals surface area contributed by atoms with Crippen LogP contribution in [0.15, 0.2) is 12.1 Å². The molecular formula is C16H23BN2O7. The van der Waals surface area contributed by atoms with Crippen molar-refractivity contribution in [2.75, 3.05) is 32.8 Å². The molecule has 3 rings (SSSR count). The summed E-state index contributed by atoms with van der Waals surface area (Å²) in [4.78, 5) is 13.7. The van der Waals surface area contributed by atoms with Crippen LogP contribution in [-0.4, -0.2) is 82.7 Å². The first-order valence-corrected chi connectivity index (χ1v) is 8.50. The van der Waals surface area contributed by atoms with Crippen LogP contribution in [-0.2, 0) is 11.2 Å². The average molecular weight is 366 g/mol. The van der Waals surface area contributed by atoms with Gasteiger partial charge in [-0.05, 0) is 24.4 Å². The first kappa shape index (κ1) is 18.9. The molecule has 2 aliphatic rings. The van der Waals surface area contributed by atoms with E-state index < -0.39 is 18.8 Å². The van der Waals surface area contributed by atoms with Gasteiger partial charge in [-0.2, -0.15) is 0 Å². The summed E-state index contributed by atoms with van der Waals surface area (Å²) in [6, 6.07) is 3.03. The third kappa shape index (κ3) is 3.51. The molecule has 142 valence electrons. The molecule has 0 saturated carbocycles. The number of likely N-dealkylation sites (tertiary alicyclic amines) is 1. The molecule has 0 aliphatic carbocycles. The lowest BCUT2D eigenvalue weighted by Gasteiger charge is -2.55. The van der Waals surface area contributed by atoms with E-state index >= 15 is 0 Å². The Morgan fingerprint density at radius 2 is 2.08 bits per heavy atom. The molecule has 1 aromatic carbocycles. The Hall–Kier alpha value is -1.85. The van der Waals surface area contributed by atoms with Gasteiger partial charge >= 0.3 is 13.1 Å². The van der Waals surface area contributed by atoms with Gasteiger partial charge in [0.15, 0.2) is 0 Å². The maximum Gasteiger partial charge on any atom is 0.451 e. The summed E-state index contributed by atoms with van der Waals surface area (Å²) in [6.07, 6.45) is -0.0601. The molecule has 2 fully saturated rings. The van der Waals surface area contributed by atoms with Crippen LogP contribution in [0.25, 0.3) is 0 Å². The molecule has 10 heteroatoms. The number of hydrogen-bond acceptors (Lipinski definition) is 8. The van der Waals surface area contributed by atoms with Crippen LogP contribution in [0.1, 0.15) is 15.9 Å². The molecule has 1 aromatic rings. The highest BCUT2D eigenvalue weighted by Gasteiger charge is 2.49. The lowest BCUT2D eigenvalue weighted by atomic mass is 9.82. The predicted molar refractivity (Wildman–Crippen MR) is 92.4 cm³/mol. The number of carboxylic acid groups (broad SMARTS) is 1. The minimum atomic E-state index is -1.52. The molecule has 0 radical (unpaired) electrons. The van der Waals surface area contributed by atoms with Crippen molar-refractivity contribution in [3.05, 3.63) is 23.3 Å². The largest absolute Gasteiger partial charge is 0.507 e. The van der Waals surface area contributed by atoms with E-state index in [-0.39, 0.29) is 35.7 Å². The van der Waals surface area contributed by atoms with E-state index in [1.807, 2.05) is 0 Å². The molecule has 26 heavy (non-hydrogen) atoms. The molecule has 0 aromatic heterocycles. The number of carboxylic acids is 1. The highest BCUT2D eigenvalue weighted by Crippen LogP contribution is 2.35. The van der Waals surface area contributed by atoms with Gasteiger partial charge in [-0.25, -0.2) is 4.79 Å². The van der Waals surface area contributed by atoms with E-state index in [4.69, 9.17) is 25.3 Å². The van der Waals surface area contributed by atoms with Crippen LogP contribution in [0.3, 0.4) is 0 Å². The Morgan fingerprint density at radius 1 is 1.38 bits per heavy atom. The number of ether oxygens (including phenoxy) is 2. The topological polar surface area (TPSA) is 146 Å². The summed E-state index contributed by atoms with van der Waals surface area (Å²) in [5, 5.41) is 37.6. The summed E-state index contributed by atoms with van der Waals surface area (Å²) in [6.45, 7) is 2.88. The quantitative estimate of drug-likeness (QED) is 0.362. The molecule has 2 heterocycles. The number of nitrogens with zero attached hydrogens (tertiary/aromatic N) is 1. The van der Waals surface area contributed by atoms with E-state index in [9.17, 15) is 15.0 Å². The van der Waals surface area contributed by atoms with Gasteiger partial charge in [0.25, 0.3) is 0 Å². The number of hydrogen-bond donors (Lipinski definition) is 5. The summed E-state index contributed by atoms with van der Waals surface area (Å²) >= 11 is 0. The Labute approximate surface area is 151 Å². The monoisotopic (exact) mass is 366 g/mol. The fourth-order valence-corrected chi connectivity index (χ4v) is 3.25. The van der Waals surface area contributed by atoms with Gasteiger partial charge in [-0.1, -0.05) is 6.07 Å². The van der Waals surface area contributed by atoms with Gasteiger partial charge in [0, 0.05) is 19.6 Å². The molecule has 2 aliphatic heterocycles. The molecule has 0 spiro atoms. The molecule has 0 atom stereocenters. The van der Waals surface area contributed by atoms with Gasteiger partial charge in [-0.15, -0.1) is 0 Å². The molecule has 9 nitrogen and oxygen atoms in total. The van der Waals surface area contributed by atoms with Crippen molar-refractivity contribution in [3.63, 3.8) is 0 Å². The number of aryl methyl sites for hydroxylation is 1. The van der Waals surface area contributed by atoms with Crippen LogP contribution in [0.5, 0.6) is 11.5 Å². The number of aromatic hydroxyl groups is 1. The molecule has 0 bridgehead atoms. The van der Waals surface area contributed by atoms with Gasteiger partial charge in [-0.3, -0.25) is 4.90 Å². The fourth-order valence-electron chi connectivity index (χ4n) is 3.25. The van der Waals surface area contributed by atoms with Crippen LogP contribution in [0.4, 0.5) is 0 Å². The Balaban J connectivity index is 1.68. The molecule has 2 saturated heterocycles. The average Bonchev–Trinajstić information content (AvgIpc) is 2.50. The van der Waals surface area contributed by atoms with Gasteiger partial charge in [0.05, 0.1) is 18.8 Å². The molecule has 0 unspecified atom stereocenters. The van der Waals surface area contributed by atoms with E-state index in [1.54, 1.807) is 0 Å². The van der Waals surface area contributed by atoms with Crippen molar-refractivity contribution in [2.45, 2.75) is 24.4 Å². The highest BCUT2D eigenvalue weighted by atomic mass is 16.5. The second-order valence-corrected chi connectivity index (χ2v) is 6.84. The Morgan fingerprint density at radius 3 is 2.58 bits per heavy atom. The Bertz CT molecular complexity index is 669. The zero-order chi connectivity index (χ0) is 18.9. The smallest absolute Gasteiger partial charge is 0.451 e. The van der Waals surface area contributed by atoms with Gasteiger partial charge < -0.3 is 35.5 Å². The normalized spacial score (nSPS) is 19.5. The van der Waals surface area contributed by atoms with Gasteiger partial charge in [0.2, 0.25) is 0 Å². The van der Waals surface area contributed by atoms with E-state index in [0.717, 1.165) is 0 Å². The second kappa shape index (κ2) is 7.41. The maximum absolute atomic E-state index is 11.6. The summed E-state index contributed by atoms with van der Waals surface area (Å²) in [7, 11) is -1.52. The standard InChI is InChI=1S/C16H23BN2O7/c18-7-16(8-25-9-16)19-5-11(6-19)26-12-2-1-10(3-4-17(23)24)14(20)13(12)15(21)22/h1-2,11,20,23-24H,3-9,18H2,(H,21,22). The van der Waals surface area contributed by atoms with Gasteiger partial charge in [0.1, 0.15) is 23.2 Å². The zero-order valence-corrected chi connectivity index (χ0v) is 14.3. The zero-order valence-electron chi connectivity index (χ0n) is 14.3. The minimum Gasteiger partial charge on any atom is -0.507 e. The van der Waals surface area contributed by atoms with Crippen LogP contribution in [0.2, 0.25) is 6.32 Å². The number of rotatable bonds is 8. The van der Waals surface area contributed by atoms with Crippen molar-refractivity contribution in [1.29, 1.82) is 0 Å². The van der Waals surface area contributed by atoms with Crippen molar-refractivity contribution >= 4 is 13.1 Å². The number of phenols is 1. The minimum absolute atomic E-state index is 0.00630. The van der Waals surface area contributed by atoms with Crippen molar-refractivity contribution in [3.8, 4) is 11.5 Å². The lowest BCUT2D eigenvalue weighted by molar-refractivity contribution is -0.176. The van der Waals surface area contributed by atoms with Crippen LogP contribution in [0, 0.1) is 0 Å². The predicted octanol–water partition coefficient (Wildman–Crippen LogP) is -1.10. The molecule has 0 amide bonds. The SMILES string of the molecule is NCC1(N2CC(Oc3ccc(CCB(O)O)c(O)c3C(=O)O)C2)COC1. The van der Waals surface area contributed by atoms with Crippen LogP contribution >= 0.6 is 0 Å². The van der Waals surface area contributed by atoms with E-state index in [1.165, 1.54) is 12.1 Å². The highest BCUT2D eigenvalue weighted by molar-refractivity contribution is 6.41. The summed E-state index contributed by atoms with van der Waals surface area (Å²) < 4.78 is 11.0. The third-order valence-electron chi connectivity index (χ3n) is 5.04. The van der Waals surface area contributed by atoms with E-state index in [2.05, 4.69) is 4.90 Å². The van der Waals surface area contributed by atoms with E-state index in [0.29, 0.717) is 38.4 Å². The summed E-state index contributed by atoms with van der Waals surface area (Å²) in [5.41, 5.74) is 5.69. The van der Waals surface area contributed by atoms with Crippen molar-refractivity contribution in [2.24, 2.45) is 5.73 Å². The number of nitrogens with two attached hydrogens (primary N) is 1. The summed E-state index contributed by atoms with van der Waals surface area (Å²) in [5.74, 6) is -1.61. The number of carbonyl (C=O) groups is 1. The number of aromatic carboxylic acids is 1.